The van der Waals surface area contributed by atoms with Crippen molar-refractivity contribution in [3.8, 4) is 11.5 Å². The summed E-state index contributed by atoms with van der Waals surface area (Å²) in [5, 5.41) is 3.61. The fourth-order valence-corrected chi connectivity index (χ4v) is 4.21. The first-order valence-electron chi connectivity index (χ1n) is 10.1. The van der Waals surface area contributed by atoms with Crippen LogP contribution in [-0.2, 0) is 4.79 Å². The Kier molecular flexibility index (Phi) is 5.86. The average Bonchev–Trinajstić information content (AvgIpc) is 3.46. The van der Waals surface area contributed by atoms with Gasteiger partial charge in [-0.1, -0.05) is 17.7 Å². The second kappa shape index (κ2) is 8.56. The number of carbonyl (C=O) groups excluding carboxylic acids is 2. The predicted molar refractivity (Wildman–Crippen MR) is 114 cm³/mol. The van der Waals surface area contributed by atoms with Crippen molar-refractivity contribution in [3.05, 3.63) is 58.6 Å². The molecule has 2 aromatic carbocycles. The molecule has 0 spiro atoms. The van der Waals surface area contributed by atoms with Crippen LogP contribution >= 0.6 is 11.6 Å². The molecule has 6 nitrogen and oxygen atoms in total. The summed E-state index contributed by atoms with van der Waals surface area (Å²) in [7, 11) is 3.21. The predicted octanol–water partition coefficient (Wildman–Crippen LogP) is 3.49. The van der Waals surface area contributed by atoms with Crippen LogP contribution in [0.15, 0.2) is 42.5 Å². The highest BCUT2D eigenvalue weighted by atomic mass is 35.5. The topological polar surface area (TPSA) is 67.9 Å². The number of benzene rings is 2. The van der Waals surface area contributed by atoms with Crippen molar-refractivity contribution in [2.24, 2.45) is 5.92 Å². The van der Waals surface area contributed by atoms with Crippen LogP contribution in [0.2, 0.25) is 5.02 Å². The van der Waals surface area contributed by atoms with Gasteiger partial charge in [-0.25, -0.2) is 0 Å². The van der Waals surface area contributed by atoms with Gasteiger partial charge in [0.1, 0.15) is 11.5 Å². The Hall–Kier alpha value is -2.73. The van der Waals surface area contributed by atoms with E-state index in [1.807, 2.05) is 18.2 Å². The minimum absolute atomic E-state index is 0.0197. The molecule has 30 heavy (non-hydrogen) atoms. The van der Waals surface area contributed by atoms with Crippen molar-refractivity contribution in [1.82, 2.24) is 10.2 Å². The highest BCUT2D eigenvalue weighted by Crippen LogP contribution is 2.40. The van der Waals surface area contributed by atoms with Crippen molar-refractivity contribution in [1.29, 1.82) is 0 Å². The van der Waals surface area contributed by atoms with Gasteiger partial charge >= 0.3 is 0 Å². The zero-order valence-electron chi connectivity index (χ0n) is 17.1. The van der Waals surface area contributed by atoms with Gasteiger partial charge in [0, 0.05) is 41.2 Å². The third-order valence-corrected chi connectivity index (χ3v) is 6.01. The molecule has 158 valence electrons. The van der Waals surface area contributed by atoms with Gasteiger partial charge < -0.3 is 19.7 Å². The van der Waals surface area contributed by atoms with E-state index in [1.165, 1.54) is 0 Å². The SMILES string of the molecule is COc1ccc(OC)c(C2CN(C(=O)c3cccc(Cl)c3)CC2C(=O)NC2CC2)c1. The first kappa shape index (κ1) is 20.5. The van der Waals surface area contributed by atoms with Crippen molar-refractivity contribution in [3.63, 3.8) is 0 Å². The van der Waals surface area contributed by atoms with E-state index in [2.05, 4.69) is 5.32 Å². The molecule has 4 rings (SSSR count). The summed E-state index contributed by atoms with van der Waals surface area (Å²) in [5.41, 5.74) is 1.39. The second-order valence-electron chi connectivity index (χ2n) is 7.82. The maximum atomic E-state index is 13.1. The van der Waals surface area contributed by atoms with Crippen LogP contribution in [0, 0.1) is 5.92 Å². The van der Waals surface area contributed by atoms with E-state index < -0.39 is 0 Å². The number of halogens is 1. The molecule has 2 aliphatic rings. The number of likely N-dealkylation sites (tertiary alicyclic amines) is 1. The van der Waals surface area contributed by atoms with Gasteiger partial charge in [0.25, 0.3) is 5.91 Å². The van der Waals surface area contributed by atoms with E-state index in [9.17, 15) is 9.59 Å². The molecule has 2 unspecified atom stereocenters. The molecule has 1 aliphatic heterocycles. The molecule has 1 saturated carbocycles. The number of ether oxygens (including phenoxy) is 2. The summed E-state index contributed by atoms with van der Waals surface area (Å²) in [4.78, 5) is 27.9. The Bertz CT molecular complexity index is 960. The second-order valence-corrected chi connectivity index (χ2v) is 8.26. The van der Waals surface area contributed by atoms with E-state index in [0.29, 0.717) is 35.2 Å². The molecule has 0 aromatic heterocycles. The number of hydrogen-bond acceptors (Lipinski definition) is 4. The molecule has 0 radical (unpaired) electrons. The van der Waals surface area contributed by atoms with Gasteiger partial charge in [-0.2, -0.15) is 0 Å². The van der Waals surface area contributed by atoms with E-state index in [0.717, 1.165) is 18.4 Å². The van der Waals surface area contributed by atoms with Crippen LogP contribution in [0.25, 0.3) is 0 Å². The Morgan fingerprint density at radius 1 is 1.07 bits per heavy atom. The molecule has 1 saturated heterocycles. The summed E-state index contributed by atoms with van der Waals surface area (Å²) in [6.45, 7) is 0.757. The van der Waals surface area contributed by atoms with Gasteiger partial charge in [-0.05, 0) is 49.2 Å². The van der Waals surface area contributed by atoms with Gasteiger partial charge in [0.15, 0.2) is 0 Å². The van der Waals surface area contributed by atoms with E-state index in [1.54, 1.807) is 43.4 Å². The van der Waals surface area contributed by atoms with E-state index >= 15 is 0 Å². The van der Waals surface area contributed by atoms with Crippen LogP contribution in [0.5, 0.6) is 11.5 Å². The maximum absolute atomic E-state index is 13.1. The quantitative estimate of drug-likeness (QED) is 0.764. The number of nitrogens with zero attached hydrogens (tertiary/aromatic N) is 1. The third-order valence-electron chi connectivity index (χ3n) is 5.78. The van der Waals surface area contributed by atoms with Crippen LogP contribution in [0.1, 0.15) is 34.7 Å². The molecule has 2 atom stereocenters. The molecule has 1 aliphatic carbocycles. The molecule has 7 heteroatoms. The summed E-state index contributed by atoms with van der Waals surface area (Å²) in [6.07, 6.45) is 2.02. The lowest BCUT2D eigenvalue weighted by Gasteiger charge is -2.21. The molecule has 1 N–H and O–H groups in total. The van der Waals surface area contributed by atoms with Crippen molar-refractivity contribution < 1.29 is 19.1 Å². The fraction of sp³-hybridized carbons (Fsp3) is 0.391. The molecular formula is C23H25ClN2O4. The maximum Gasteiger partial charge on any atom is 0.253 e. The smallest absolute Gasteiger partial charge is 0.253 e. The molecule has 2 amide bonds. The van der Waals surface area contributed by atoms with Gasteiger partial charge in [0.05, 0.1) is 20.1 Å². The minimum atomic E-state index is -0.366. The van der Waals surface area contributed by atoms with Gasteiger partial charge in [0.2, 0.25) is 5.91 Å². The van der Waals surface area contributed by atoms with Gasteiger partial charge in [-0.15, -0.1) is 0 Å². The number of amides is 2. The average molecular weight is 429 g/mol. The standard InChI is InChI=1S/C23H25ClN2O4/c1-29-17-8-9-21(30-2)18(11-17)19-12-26(13-20(19)22(27)25-16-6-7-16)23(28)14-4-3-5-15(24)10-14/h3-5,8-11,16,19-20H,6-7,12-13H2,1-2H3,(H,25,27). The molecule has 1 heterocycles. The zero-order chi connectivity index (χ0) is 21.3. The first-order chi connectivity index (χ1) is 14.5. The zero-order valence-corrected chi connectivity index (χ0v) is 17.8. The van der Waals surface area contributed by atoms with Crippen LogP contribution in [-0.4, -0.2) is 50.1 Å². The Morgan fingerprint density at radius 3 is 2.53 bits per heavy atom. The largest absolute Gasteiger partial charge is 0.497 e. The molecular weight excluding hydrogens is 404 g/mol. The van der Waals surface area contributed by atoms with Crippen LogP contribution < -0.4 is 14.8 Å². The molecule has 0 bridgehead atoms. The number of carbonyl (C=O) groups is 2. The Morgan fingerprint density at radius 2 is 1.87 bits per heavy atom. The monoisotopic (exact) mass is 428 g/mol. The van der Waals surface area contributed by atoms with Crippen molar-refractivity contribution in [2.75, 3.05) is 27.3 Å². The Labute approximate surface area is 181 Å². The normalized spacial score (nSPS) is 20.7. The summed E-state index contributed by atoms with van der Waals surface area (Å²) in [5.74, 6) is 0.653. The van der Waals surface area contributed by atoms with E-state index in [4.69, 9.17) is 21.1 Å². The van der Waals surface area contributed by atoms with Crippen molar-refractivity contribution >= 4 is 23.4 Å². The fourth-order valence-electron chi connectivity index (χ4n) is 4.02. The van der Waals surface area contributed by atoms with Crippen molar-refractivity contribution in [2.45, 2.75) is 24.8 Å². The number of hydrogen-bond donors (Lipinski definition) is 1. The van der Waals surface area contributed by atoms with Crippen LogP contribution in [0.3, 0.4) is 0 Å². The highest BCUT2D eigenvalue weighted by Gasteiger charge is 2.43. The minimum Gasteiger partial charge on any atom is -0.497 e. The number of nitrogens with one attached hydrogen (secondary N) is 1. The number of rotatable bonds is 6. The first-order valence-corrected chi connectivity index (χ1v) is 10.4. The lowest BCUT2D eigenvalue weighted by atomic mass is 9.87. The molecule has 2 aromatic rings. The Balaban J connectivity index is 1.66. The lowest BCUT2D eigenvalue weighted by Crippen LogP contribution is -2.36. The summed E-state index contributed by atoms with van der Waals surface area (Å²) >= 11 is 6.07. The number of methoxy groups -OCH3 is 2. The summed E-state index contributed by atoms with van der Waals surface area (Å²) < 4.78 is 11.0. The van der Waals surface area contributed by atoms with Crippen LogP contribution in [0.4, 0.5) is 0 Å². The van der Waals surface area contributed by atoms with Gasteiger partial charge in [-0.3, -0.25) is 9.59 Å². The van der Waals surface area contributed by atoms with E-state index in [-0.39, 0.29) is 29.7 Å². The molecule has 2 fully saturated rings. The highest BCUT2D eigenvalue weighted by molar-refractivity contribution is 6.30. The lowest BCUT2D eigenvalue weighted by molar-refractivity contribution is -0.125. The third kappa shape index (κ3) is 4.24. The summed E-state index contributed by atoms with van der Waals surface area (Å²) in [6, 6.07) is 12.7.